The van der Waals surface area contributed by atoms with E-state index in [9.17, 15) is 19.5 Å². The van der Waals surface area contributed by atoms with Crippen molar-refractivity contribution in [2.75, 3.05) is 11.9 Å². The van der Waals surface area contributed by atoms with Crippen molar-refractivity contribution in [3.05, 3.63) is 42.0 Å². The fourth-order valence-corrected chi connectivity index (χ4v) is 3.21. The molecule has 4 atom stereocenters. The summed E-state index contributed by atoms with van der Waals surface area (Å²) in [5.74, 6) is -4.01. The maximum Gasteiger partial charge on any atom is 0.338 e. The number of unbranched alkanes of at least 4 members (excludes halogenated alkanes) is 1. The zero-order chi connectivity index (χ0) is 18.7. The standard InChI is InChI=1S/C19H21NO6/c1-2-3-10-25-19(24)11-4-6-12(7-5-11)20-17(21)15-13-8-9-14(26-13)16(15)18(22)23/h4-9,13-16H,2-3,10H2,1H3,(H,20,21)(H,22,23)/p-1/t13-,14+,15-,16+/m1/s1. The molecular formula is C19H20NO6-. The van der Waals surface area contributed by atoms with E-state index in [-0.39, 0.29) is 0 Å². The third kappa shape index (κ3) is 3.62. The number of benzene rings is 1. The highest BCUT2D eigenvalue weighted by Gasteiger charge is 2.50. The number of carboxylic acids is 1. The second-order valence-corrected chi connectivity index (χ2v) is 6.38. The van der Waals surface area contributed by atoms with Gasteiger partial charge < -0.3 is 24.7 Å². The van der Waals surface area contributed by atoms with E-state index in [1.165, 1.54) is 0 Å². The summed E-state index contributed by atoms with van der Waals surface area (Å²) >= 11 is 0. The normalized spacial score (nSPS) is 25.9. The maximum atomic E-state index is 12.5. The van der Waals surface area contributed by atoms with Crippen LogP contribution in [0, 0.1) is 11.8 Å². The smallest absolute Gasteiger partial charge is 0.338 e. The fraction of sp³-hybridized carbons (Fsp3) is 0.421. The zero-order valence-electron chi connectivity index (χ0n) is 14.3. The van der Waals surface area contributed by atoms with Crippen LogP contribution in [0.15, 0.2) is 36.4 Å². The molecule has 0 aliphatic carbocycles. The molecule has 0 spiro atoms. The van der Waals surface area contributed by atoms with Crippen molar-refractivity contribution in [2.24, 2.45) is 11.8 Å². The summed E-state index contributed by atoms with van der Waals surface area (Å²) in [6.07, 6.45) is 3.90. The lowest BCUT2D eigenvalue weighted by Gasteiger charge is -2.24. The zero-order valence-corrected chi connectivity index (χ0v) is 14.3. The number of carboxylic acid groups (broad SMARTS) is 1. The van der Waals surface area contributed by atoms with Crippen molar-refractivity contribution in [2.45, 2.75) is 32.0 Å². The molecule has 2 bridgehead atoms. The molecule has 1 N–H and O–H groups in total. The first-order chi connectivity index (χ1) is 12.5. The Bertz CT molecular complexity index is 726. The largest absolute Gasteiger partial charge is 0.550 e. The summed E-state index contributed by atoms with van der Waals surface area (Å²) in [6, 6.07) is 6.26. The second kappa shape index (κ2) is 7.70. The fourth-order valence-electron chi connectivity index (χ4n) is 3.21. The third-order valence-electron chi connectivity index (χ3n) is 4.59. The quantitative estimate of drug-likeness (QED) is 0.441. The van der Waals surface area contributed by atoms with Gasteiger partial charge in [-0.25, -0.2) is 4.79 Å². The highest BCUT2D eigenvalue weighted by atomic mass is 16.5. The summed E-state index contributed by atoms with van der Waals surface area (Å²) in [5, 5.41) is 14.0. The Labute approximate surface area is 151 Å². The van der Waals surface area contributed by atoms with Crippen LogP contribution in [0.4, 0.5) is 5.69 Å². The lowest BCUT2D eigenvalue weighted by atomic mass is 9.82. The number of carbonyl (C=O) groups is 3. The molecule has 7 heteroatoms. The highest BCUT2D eigenvalue weighted by Crippen LogP contribution is 2.39. The van der Waals surface area contributed by atoms with Gasteiger partial charge in [0.05, 0.1) is 30.3 Å². The minimum atomic E-state index is -1.30. The minimum absolute atomic E-state index is 0.371. The number of esters is 1. The number of hydrogen-bond donors (Lipinski definition) is 1. The van der Waals surface area contributed by atoms with Gasteiger partial charge in [0.15, 0.2) is 0 Å². The lowest BCUT2D eigenvalue weighted by Crippen LogP contribution is -2.45. The van der Waals surface area contributed by atoms with Crippen molar-refractivity contribution in [1.29, 1.82) is 0 Å². The van der Waals surface area contributed by atoms with Crippen LogP contribution >= 0.6 is 0 Å². The minimum Gasteiger partial charge on any atom is -0.550 e. The van der Waals surface area contributed by atoms with Gasteiger partial charge in [-0.15, -0.1) is 0 Å². The van der Waals surface area contributed by atoms with Crippen molar-refractivity contribution >= 4 is 23.5 Å². The van der Waals surface area contributed by atoms with Gasteiger partial charge in [-0.3, -0.25) is 4.79 Å². The number of ether oxygens (including phenoxy) is 2. The van der Waals surface area contributed by atoms with Crippen LogP contribution in [-0.4, -0.2) is 36.7 Å². The number of carbonyl (C=O) groups excluding carboxylic acids is 3. The lowest BCUT2D eigenvalue weighted by molar-refractivity contribution is -0.313. The molecule has 1 aromatic carbocycles. The third-order valence-corrected chi connectivity index (χ3v) is 4.59. The molecule has 3 rings (SSSR count). The maximum absolute atomic E-state index is 12.5. The second-order valence-electron chi connectivity index (χ2n) is 6.38. The number of hydrogen-bond acceptors (Lipinski definition) is 6. The predicted octanol–water partition coefficient (Wildman–Crippen LogP) is 0.901. The van der Waals surface area contributed by atoms with E-state index in [2.05, 4.69) is 5.32 Å². The molecular weight excluding hydrogens is 338 g/mol. The summed E-state index contributed by atoms with van der Waals surface area (Å²) in [6.45, 7) is 2.38. The number of nitrogens with one attached hydrogen (secondary N) is 1. The van der Waals surface area contributed by atoms with E-state index in [1.807, 2.05) is 6.92 Å². The van der Waals surface area contributed by atoms with E-state index >= 15 is 0 Å². The summed E-state index contributed by atoms with van der Waals surface area (Å²) in [7, 11) is 0. The highest BCUT2D eigenvalue weighted by molar-refractivity contribution is 5.97. The van der Waals surface area contributed by atoms with Crippen LogP contribution in [0.1, 0.15) is 30.1 Å². The molecule has 0 unspecified atom stereocenters. The molecule has 2 aliphatic rings. The number of anilines is 1. The first-order valence-corrected chi connectivity index (χ1v) is 8.64. The van der Waals surface area contributed by atoms with E-state index in [0.717, 1.165) is 12.8 Å². The molecule has 138 valence electrons. The summed E-state index contributed by atoms with van der Waals surface area (Å²) in [4.78, 5) is 35.7. The molecule has 0 radical (unpaired) electrons. The first kappa shape index (κ1) is 18.1. The Balaban J connectivity index is 1.62. The van der Waals surface area contributed by atoms with Crippen molar-refractivity contribution < 1.29 is 29.0 Å². The van der Waals surface area contributed by atoms with E-state index in [4.69, 9.17) is 9.47 Å². The molecule has 0 saturated carbocycles. The van der Waals surface area contributed by atoms with Gasteiger partial charge in [-0.2, -0.15) is 0 Å². The molecule has 7 nitrogen and oxygen atoms in total. The van der Waals surface area contributed by atoms with Gasteiger partial charge in [0.25, 0.3) is 0 Å². The number of aliphatic carboxylic acids is 1. The predicted molar refractivity (Wildman–Crippen MR) is 90.1 cm³/mol. The van der Waals surface area contributed by atoms with Crippen LogP contribution in [0.5, 0.6) is 0 Å². The van der Waals surface area contributed by atoms with E-state index < -0.39 is 41.9 Å². The molecule has 1 saturated heterocycles. The van der Waals surface area contributed by atoms with E-state index in [1.54, 1.807) is 36.4 Å². The van der Waals surface area contributed by atoms with Crippen LogP contribution in [0.25, 0.3) is 0 Å². The molecule has 26 heavy (non-hydrogen) atoms. The molecule has 0 aromatic heterocycles. The van der Waals surface area contributed by atoms with Gasteiger partial charge in [0.1, 0.15) is 0 Å². The van der Waals surface area contributed by atoms with Crippen LogP contribution in [0.2, 0.25) is 0 Å². The Kier molecular flexibility index (Phi) is 5.37. The van der Waals surface area contributed by atoms with Gasteiger partial charge >= 0.3 is 5.97 Å². The van der Waals surface area contributed by atoms with Crippen molar-refractivity contribution in [3.63, 3.8) is 0 Å². The Morgan fingerprint density at radius 1 is 1.12 bits per heavy atom. The molecule has 2 heterocycles. The van der Waals surface area contributed by atoms with Gasteiger partial charge in [-0.05, 0) is 30.7 Å². The average molecular weight is 358 g/mol. The number of rotatable bonds is 7. The van der Waals surface area contributed by atoms with Gasteiger partial charge in [0, 0.05) is 17.6 Å². The molecule has 2 aliphatic heterocycles. The Morgan fingerprint density at radius 3 is 2.38 bits per heavy atom. The topological polar surface area (TPSA) is 105 Å². The monoisotopic (exact) mass is 358 g/mol. The summed E-state index contributed by atoms with van der Waals surface area (Å²) < 4.78 is 10.6. The molecule has 1 amide bonds. The van der Waals surface area contributed by atoms with Gasteiger partial charge in [-0.1, -0.05) is 25.5 Å². The summed E-state index contributed by atoms with van der Waals surface area (Å²) in [5.41, 5.74) is 0.849. The molecule has 1 aromatic rings. The SMILES string of the molecule is CCCCOC(=O)c1ccc(NC(=O)[C@H]2[C@@H](C(=O)[O-])[C@@H]3C=C[C@H]2O3)cc1. The number of amides is 1. The van der Waals surface area contributed by atoms with Crippen LogP contribution < -0.4 is 10.4 Å². The van der Waals surface area contributed by atoms with Crippen molar-refractivity contribution in [1.82, 2.24) is 0 Å². The van der Waals surface area contributed by atoms with Gasteiger partial charge in [0.2, 0.25) is 5.91 Å². The number of fused-ring (bicyclic) bond motifs is 2. The molecule has 1 fully saturated rings. The van der Waals surface area contributed by atoms with Crippen molar-refractivity contribution in [3.8, 4) is 0 Å². The van der Waals surface area contributed by atoms with Crippen LogP contribution in [0.3, 0.4) is 0 Å². The average Bonchev–Trinajstić information content (AvgIpc) is 3.23. The van der Waals surface area contributed by atoms with E-state index in [0.29, 0.717) is 17.9 Å². The Morgan fingerprint density at radius 2 is 1.77 bits per heavy atom. The first-order valence-electron chi connectivity index (χ1n) is 8.64. The van der Waals surface area contributed by atoms with Crippen LogP contribution in [-0.2, 0) is 19.1 Å². The Hall–Kier alpha value is -2.67.